The van der Waals surface area contributed by atoms with Gasteiger partial charge in [-0.3, -0.25) is 4.99 Å². The van der Waals surface area contributed by atoms with Gasteiger partial charge in [0.25, 0.3) is 0 Å². The molecule has 0 saturated carbocycles. The van der Waals surface area contributed by atoms with Crippen molar-refractivity contribution in [1.29, 1.82) is 0 Å². The van der Waals surface area contributed by atoms with Crippen LogP contribution < -0.4 is 0 Å². The molecule has 0 aliphatic carbocycles. The Hall–Kier alpha value is -2.34. The van der Waals surface area contributed by atoms with Gasteiger partial charge in [-0.2, -0.15) is 0 Å². The minimum Gasteiger partial charge on any atom is -0.507 e. The lowest BCUT2D eigenvalue weighted by Crippen LogP contribution is -2.10. The van der Waals surface area contributed by atoms with Gasteiger partial charge in [0.1, 0.15) is 11.6 Å². The molecule has 0 unspecified atom stereocenters. The lowest BCUT2D eigenvalue weighted by atomic mass is 10.0. The molecule has 27 heavy (non-hydrogen) atoms. The van der Waals surface area contributed by atoms with E-state index in [1.165, 1.54) is 0 Å². The number of hydrogen-bond donors (Lipinski definition) is 1. The van der Waals surface area contributed by atoms with Gasteiger partial charge in [-0.15, -0.1) is 10.2 Å². The molecule has 1 heterocycles. The third kappa shape index (κ3) is 4.69. The number of fused-ring (bicyclic) bond motifs is 1. The molecule has 3 rings (SSSR count). The standard InChI is InChI=1S/C21H26N4OS/c1-15(2)14-25-20(23-24-21(25)27-3)9-6-12-22-13-18-17-8-5-4-7-16(17)10-11-19(18)26/h4-5,7-8,10-11,13,15,26H,6,9,12,14H2,1-3H3. The predicted octanol–water partition coefficient (Wildman–Crippen LogP) is 4.57. The Morgan fingerprint density at radius 3 is 2.78 bits per heavy atom. The van der Waals surface area contributed by atoms with Crippen LogP contribution in [0.15, 0.2) is 46.5 Å². The van der Waals surface area contributed by atoms with Crippen molar-refractivity contribution in [3.63, 3.8) is 0 Å². The predicted molar refractivity (Wildman–Crippen MR) is 113 cm³/mol. The maximum atomic E-state index is 10.2. The van der Waals surface area contributed by atoms with Gasteiger partial charge in [-0.1, -0.05) is 55.9 Å². The van der Waals surface area contributed by atoms with Crippen LogP contribution in [0.3, 0.4) is 0 Å². The van der Waals surface area contributed by atoms with Crippen LogP contribution in [-0.4, -0.2) is 38.9 Å². The molecule has 6 heteroatoms. The second-order valence-electron chi connectivity index (χ2n) is 6.97. The van der Waals surface area contributed by atoms with Gasteiger partial charge in [0.2, 0.25) is 0 Å². The average molecular weight is 383 g/mol. The van der Waals surface area contributed by atoms with Crippen LogP contribution in [0.4, 0.5) is 0 Å². The van der Waals surface area contributed by atoms with Crippen molar-refractivity contribution in [3.05, 3.63) is 47.8 Å². The molecule has 0 saturated heterocycles. The molecule has 0 atom stereocenters. The van der Waals surface area contributed by atoms with Crippen molar-refractivity contribution < 1.29 is 5.11 Å². The van der Waals surface area contributed by atoms with Crippen LogP contribution in [0.25, 0.3) is 10.8 Å². The van der Waals surface area contributed by atoms with E-state index in [1.807, 2.05) is 36.6 Å². The summed E-state index contributed by atoms with van der Waals surface area (Å²) in [5.41, 5.74) is 0.778. The minimum atomic E-state index is 0.263. The lowest BCUT2D eigenvalue weighted by Gasteiger charge is -2.11. The normalized spacial score (nSPS) is 11.9. The summed E-state index contributed by atoms with van der Waals surface area (Å²) in [7, 11) is 0. The van der Waals surface area contributed by atoms with Crippen molar-refractivity contribution in [2.75, 3.05) is 12.8 Å². The second-order valence-corrected chi connectivity index (χ2v) is 7.74. The van der Waals surface area contributed by atoms with Crippen LogP contribution >= 0.6 is 11.8 Å². The zero-order valence-electron chi connectivity index (χ0n) is 16.1. The van der Waals surface area contributed by atoms with Crippen LogP contribution in [0.5, 0.6) is 5.75 Å². The van der Waals surface area contributed by atoms with Crippen LogP contribution in [-0.2, 0) is 13.0 Å². The Labute approximate surface area is 164 Å². The molecule has 5 nitrogen and oxygen atoms in total. The Balaban J connectivity index is 1.65. The zero-order chi connectivity index (χ0) is 19.2. The summed E-state index contributed by atoms with van der Waals surface area (Å²) in [6.45, 7) is 6.03. The number of aliphatic imine (C=N–C) groups is 1. The molecular weight excluding hydrogens is 356 g/mol. The van der Waals surface area contributed by atoms with Gasteiger partial charge in [0.15, 0.2) is 5.16 Å². The number of phenols is 1. The lowest BCUT2D eigenvalue weighted by molar-refractivity contribution is 0.475. The van der Waals surface area contributed by atoms with E-state index in [9.17, 15) is 5.11 Å². The first-order chi connectivity index (χ1) is 13.1. The third-order valence-corrected chi connectivity index (χ3v) is 5.05. The molecule has 1 aromatic heterocycles. The highest BCUT2D eigenvalue weighted by molar-refractivity contribution is 7.98. The zero-order valence-corrected chi connectivity index (χ0v) is 16.9. The number of thioether (sulfide) groups is 1. The number of benzene rings is 2. The highest BCUT2D eigenvalue weighted by Crippen LogP contribution is 2.25. The maximum Gasteiger partial charge on any atom is 0.190 e. The smallest absolute Gasteiger partial charge is 0.190 e. The molecule has 2 aromatic carbocycles. The Kier molecular flexibility index (Phi) is 6.50. The summed E-state index contributed by atoms with van der Waals surface area (Å²) in [5.74, 6) is 1.84. The van der Waals surface area contributed by atoms with Crippen molar-refractivity contribution in [3.8, 4) is 5.75 Å². The fourth-order valence-electron chi connectivity index (χ4n) is 3.11. The van der Waals surface area contributed by atoms with Crippen LogP contribution in [0, 0.1) is 5.92 Å². The molecule has 1 N–H and O–H groups in total. The fraction of sp³-hybridized carbons (Fsp3) is 0.381. The van der Waals surface area contributed by atoms with E-state index >= 15 is 0 Å². The minimum absolute atomic E-state index is 0.263. The second kappa shape index (κ2) is 9.04. The van der Waals surface area contributed by atoms with E-state index in [2.05, 4.69) is 33.6 Å². The highest BCUT2D eigenvalue weighted by Gasteiger charge is 2.12. The van der Waals surface area contributed by atoms with E-state index in [4.69, 9.17) is 0 Å². The number of nitrogens with zero attached hydrogens (tertiary/aromatic N) is 4. The largest absolute Gasteiger partial charge is 0.507 e. The number of hydrogen-bond acceptors (Lipinski definition) is 5. The van der Waals surface area contributed by atoms with Gasteiger partial charge in [0, 0.05) is 31.3 Å². The van der Waals surface area contributed by atoms with Crippen molar-refractivity contribution in [2.24, 2.45) is 10.9 Å². The first-order valence-electron chi connectivity index (χ1n) is 9.26. The molecule has 0 aliphatic rings. The molecule has 0 radical (unpaired) electrons. The van der Waals surface area contributed by atoms with E-state index in [0.717, 1.165) is 46.7 Å². The SMILES string of the molecule is CSc1nnc(CCCN=Cc2c(O)ccc3ccccc23)n1CC(C)C. The van der Waals surface area contributed by atoms with E-state index in [-0.39, 0.29) is 5.75 Å². The van der Waals surface area contributed by atoms with Crippen molar-refractivity contribution >= 4 is 28.7 Å². The van der Waals surface area contributed by atoms with Crippen molar-refractivity contribution in [1.82, 2.24) is 14.8 Å². The summed E-state index contributed by atoms with van der Waals surface area (Å²) >= 11 is 1.63. The monoisotopic (exact) mass is 382 g/mol. The van der Waals surface area contributed by atoms with Gasteiger partial charge in [0.05, 0.1) is 0 Å². The molecule has 0 bridgehead atoms. The Morgan fingerprint density at radius 2 is 2.00 bits per heavy atom. The summed E-state index contributed by atoms with van der Waals surface area (Å²) in [6, 6.07) is 11.7. The van der Waals surface area contributed by atoms with E-state index < -0.39 is 0 Å². The molecule has 0 fully saturated rings. The van der Waals surface area contributed by atoms with Crippen LogP contribution in [0.2, 0.25) is 0 Å². The molecule has 0 spiro atoms. The molecular formula is C21H26N4OS. The van der Waals surface area contributed by atoms with E-state index in [0.29, 0.717) is 12.5 Å². The number of aromatic nitrogens is 3. The molecule has 0 aliphatic heterocycles. The number of phenolic OH excluding ortho intramolecular Hbond substituents is 1. The first-order valence-corrected chi connectivity index (χ1v) is 10.5. The summed E-state index contributed by atoms with van der Waals surface area (Å²) in [5, 5.41) is 21.9. The van der Waals surface area contributed by atoms with Crippen LogP contribution in [0.1, 0.15) is 31.7 Å². The van der Waals surface area contributed by atoms with Gasteiger partial charge in [-0.25, -0.2) is 0 Å². The Bertz CT molecular complexity index is 933. The van der Waals surface area contributed by atoms with Gasteiger partial charge >= 0.3 is 0 Å². The summed E-state index contributed by atoms with van der Waals surface area (Å²) in [4.78, 5) is 4.54. The maximum absolute atomic E-state index is 10.2. The van der Waals surface area contributed by atoms with E-state index in [1.54, 1.807) is 24.0 Å². The number of rotatable bonds is 8. The highest BCUT2D eigenvalue weighted by atomic mass is 32.2. The number of aryl methyl sites for hydroxylation is 1. The third-order valence-electron chi connectivity index (χ3n) is 4.38. The Morgan fingerprint density at radius 1 is 1.19 bits per heavy atom. The fourth-order valence-corrected chi connectivity index (χ4v) is 3.63. The van der Waals surface area contributed by atoms with Gasteiger partial charge in [-0.05, 0) is 35.4 Å². The molecule has 3 aromatic rings. The average Bonchev–Trinajstić information content (AvgIpc) is 3.04. The topological polar surface area (TPSA) is 63.3 Å². The quantitative estimate of drug-likeness (QED) is 0.352. The first kappa shape index (κ1) is 19.4. The molecule has 142 valence electrons. The summed E-state index contributed by atoms with van der Waals surface area (Å²) in [6.07, 6.45) is 5.56. The summed E-state index contributed by atoms with van der Waals surface area (Å²) < 4.78 is 2.22. The van der Waals surface area contributed by atoms with Crippen molar-refractivity contribution in [2.45, 2.75) is 38.4 Å². The number of aromatic hydroxyl groups is 1. The molecule has 0 amide bonds. The van der Waals surface area contributed by atoms with Gasteiger partial charge < -0.3 is 9.67 Å².